The van der Waals surface area contributed by atoms with Gasteiger partial charge < -0.3 is 0 Å². The van der Waals surface area contributed by atoms with Crippen molar-refractivity contribution in [3.05, 3.63) is 24.3 Å². The van der Waals surface area contributed by atoms with E-state index >= 15 is 0 Å². The fourth-order valence-corrected chi connectivity index (χ4v) is 10.3. The summed E-state index contributed by atoms with van der Waals surface area (Å²) in [6.45, 7) is 0. The maximum Gasteiger partial charge on any atom is 0.233 e. The van der Waals surface area contributed by atoms with Crippen molar-refractivity contribution in [2.75, 3.05) is 0 Å². The van der Waals surface area contributed by atoms with Gasteiger partial charge in [0.25, 0.3) is 0 Å². The van der Waals surface area contributed by atoms with Gasteiger partial charge in [-0.3, -0.25) is 29.0 Å². The summed E-state index contributed by atoms with van der Waals surface area (Å²) >= 11 is 0. The molecule has 4 bridgehead atoms. The molecule has 2 aliphatic heterocycles. The van der Waals surface area contributed by atoms with Crippen molar-refractivity contribution < 1.29 is 19.2 Å². The molecule has 2 saturated heterocycles. The average Bonchev–Trinajstić information content (AvgIpc) is 3.74. The van der Waals surface area contributed by atoms with Gasteiger partial charge in [0.15, 0.2) is 0 Å². The Morgan fingerprint density at radius 1 is 0.486 bits per heavy atom. The van der Waals surface area contributed by atoms with Crippen LogP contribution in [0.3, 0.4) is 0 Å². The highest BCUT2D eigenvalue weighted by Gasteiger charge is 2.61. The normalized spacial score (nSPS) is 49.6. The van der Waals surface area contributed by atoms with Crippen LogP contribution in [0.5, 0.6) is 0 Å². The van der Waals surface area contributed by atoms with Crippen LogP contribution in [0.1, 0.15) is 70.6 Å². The molecule has 8 rings (SSSR count). The van der Waals surface area contributed by atoms with Gasteiger partial charge in [0.05, 0.1) is 23.7 Å². The molecule has 0 N–H and O–H groups in total. The summed E-state index contributed by atoms with van der Waals surface area (Å²) in [5.41, 5.74) is 0. The Bertz CT molecular complexity index is 964. The Kier molecular flexibility index (Phi) is 4.99. The first-order valence-corrected chi connectivity index (χ1v) is 15.1. The van der Waals surface area contributed by atoms with E-state index < -0.39 is 0 Å². The van der Waals surface area contributed by atoms with Crippen LogP contribution >= 0.6 is 0 Å². The van der Waals surface area contributed by atoms with Gasteiger partial charge in [-0.25, -0.2) is 0 Å². The monoisotopic (exact) mass is 502 g/mol. The highest BCUT2D eigenvalue weighted by molar-refractivity contribution is 6.07. The molecule has 6 nitrogen and oxygen atoms in total. The lowest BCUT2D eigenvalue weighted by Gasteiger charge is -2.38. The number of carbonyl (C=O) groups excluding carboxylic acids is 4. The largest absolute Gasteiger partial charge is 0.279 e. The zero-order chi connectivity index (χ0) is 25.0. The number of carbonyl (C=O) groups is 4. The van der Waals surface area contributed by atoms with Crippen molar-refractivity contribution in [3.63, 3.8) is 0 Å². The molecule has 37 heavy (non-hydrogen) atoms. The van der Waals surface area contributed by atoms with E-state index in [9.17, 15) is 19.2 Å². The molecule has 0 radical (unpaired) electrons. The fraction of sp³-hybridized carbons (Fsp3) is 0.742. The van der Waals surface area contributed by atoms with Gasteiger partial charge >= 0.3 is 0 Å². The van der Waals surface area contributed by atoms with Crippen molar-refractivity contribution in [1.29, 1.82) is 0 Å². The molecule has 4 saturated carbocycles. The molecule has 0 aromatic rings. The van der Waals surface area contributed by atoms with Crippen LogP contribution in [0.2, 0.25) is 0 Å². The van der Waals surface area contributed by atoms with Gasteiger partial charge in [0.2, 0.25) is 23.6 Å². The molecule has 0 spiro atoms. The summed E-state index contributed by atoms with van der Waals surface area (Å²) in [5.74, 6) is 2.68. The van der Waals surface area contributed by atoms with Gasteiger partial charge in [-0.05, 0) is 106 Å². The minimum Gasteiger partial charge on any atom is -0.279 e. The first-order valence-electron chi connectivity index (χ1n) is 15.1. The molecule has 6 fully saturated rings. The highest BCUT2D eigenvalue weighted by Crippen LogP contribution is 2.55. The minimum atomic E-state index is -0.0734. The Morgan fingerprint density at radius 3 is 1.08 bits per heavy atom. The van der Waals surface area contributed by atoms with E-state index in [0.717, 1.165) is 64.2 Å². The van der Waals surface area contributed by atoms with Crippen molar-refractivity contribution in [1.82, 2.24) is 9.80 Å². The summed E-state index contributed by atoms with van der Waals surface area (Å²) in [5, 5.41) is 0. The first-order chi connectivity index (χ1) is 18.0. The van der Waals surface area contributed by atoms with Crippen LogP contribution in [-0.4, -0.2) is 45.5 Å². The van der Waals surface area contributed by atoms with E-state index in [1.165, 1.54) is 6.42 Å². The molecule has 8 atom stereocenters. The summed E-state index contributed by atoms with van der Waals surface area (Å²) < 4.78 is 0. The third-order valence-electron chi connectivity index (χ3n) is 12.0. The van der Waals surface area contributed by atoms with Crippen molar-refractivity contribution in [3.8, 4) is 0 Å². The van der Waals surface area contributed by atoms with Crippen molar-refractivity contribution >= 4 is 23.6 Å². The Labute approximate surface area is 218 Å². The third-order valence-corrected chi connectivity index (χ3v) is 12.0. The van der Waals surface area contributed by atoms with E-state index in [0.29, 0.717) is 35.5 Å². The third kappa shape index (κ3) is 3.16. The number of likely N-dealkylation sites (tertiary alicyclic amines) is 2. The molecule has 8 aliphatic rings. The number of amides is 4. The molecule has 6 heteroatoms. The molecule has 0 unspecified atom stereocenters. The van der Waals surface area contributed by atoms with Gasteiger partial charge in [0, 0.05) is 12.1 Å². The van der Waals surface area contributed by atoms with Gasteiger partial charge in [-0.1, -0.05) is 24.3 Å². The molecule has 0 aromatic carbocycles. The maximum absolute atomic E-state index is 13.2. The maximum atomic E-state index is 13.2. The SMILES string of the molecule is O=C1[C@@H]2[C@H](C(=O)N1C1CCC(CC3CCC(N4C(=O)[C@H]5[C@H](C4=O)[C@H]4C=C[C@H]5C4)CC3)CC1)[C@H]1C=C[C@H]2C1. The lowest BCUT2D eigenvalue weighted by atomic mass is 9.75. The minimum absolute atomic E-state index is 0.0734. The smallest absolute Gasteiger partial charge is 0.233 e. The predicted octanol–water partition coefficient (Wildman–Crippen LogP) is 4.11. The molecule has 0 aromatic heterocycles. The van der Waals surface area contributed by atoms with Crippen LogP contribution in [0.15, 0.2) is 24.3 Å². The summed E-state index contributed by atoms with van der Waals surface area (Å²) in [6, 6.07) is 0.210. The van der Waals surface area contributed by atoms with Gasteiger partial charge in [-0.2, -0.15) is 0 Å². The second-order valence-corrected chi connectivity index (χ2v) is 13.7. The van der Waals surface area contributed by atoms with Gasteiger partial charge in [0.1, 0.15) is 0 Å². The van der Waals surface area contributed by atoms with E-state index in [2.05, 4.69) is 24.3 Å². The first kappa shape index (κ1) is 22.7. The zero-order valence-corrected chi connectivity index (χ0v) is 21.5. The number of rotatable bonds is 4. The van der Waals surface area contributed by atoms with Crippen LogP contribution in [0.25, 0.3) is 0 Å². The summed E-state index contributed by atoms with van der Waals surface area (Å²) in [7, 11) is 0. The Morgan fingerprint density at radius 2 is 0.784 bits per heavy atom. The van der Waals surface area contributed by atoms with Crippen LogP contribution in [-0.2, 0) is 19.2 Å². The Balaban J connectivity index is 0.836. The number of fused-ring (bicyclic) bond motifs is 10. The van der Waals surface area contributed by atoms with Crippen molar-refractivity contribution in [2.45, 2.75) is 82.7 Å². The second-order valence-electron chi connectivity index (χ2n) is 13.7. The zero-order valence-electron chi connectivity index (χ0n) is 21.5. The molecular formula is C31H38N2O4. The van der Waals surface area contributed by atoms with Crippen LogP contribution in [0, 0.1) is 59.2 Å². The van der Waals surface area contributed by atoms with E-state index in [1.54, 1.807) is 9.80 Å². The predicted molar refractivity (Wildman–Crippen MR) is 135 cm³/mol. The number of allylic oxidation sites excluding steroid dienone is 4. The summed E-state index contributed by atoms with van der Waals surface area (Å²) in [4.78, 5) is 56.2. The number of hydrogen-bond donors (Lipinski definition) is 0. The van der Waals surface area contributed by atoms with Crippen molar-refractivity contribution in [2.24, 2.45) is 59.2 Å². The fourth-order valence-electron chi connectivity index (χ4n) is 10.3. The Hall–Kier alpha value is -2.24. The molecule has 6 aliphatic carbocycles. The standard InChI is InChI=1S/C31H38N2O4/c34-28-24-18-5-6-19(14-18)25(24)29(35)32(28)22-9-1-16(2-10-22)13-17-3-11-23(12-4-17)33-30(36)26-20-7-8-21(15-20)27(26)31(33)37/h5-8,16-27H,1-4,9-15H2/t16?,17?,18-,19-,20-,21-,22?,23?,24-,25+,26+,27+/m0/s1. The molecule has 2 heterocycles. The topological polar surface area (TPSA) is 74.8 Å². The van der Waals surface area contributed by atoms with Crippen LogP contribution < -0.4 is 0 Å². The molecule has 196 valence electrons. The lowest BCUT2D eigenvalue weighted by Crippen LogP contribution is -2.44. The number of hydrogen-bond acceptors (Lipinski definition) is 4. The number of nitrogens with zero attached hydrogens (tertiary/aromatic N) is 2. The average molecular weight is 503 g/mol. The van der Waals surface area contributed by atoms with E-state index in [1.807, 2.05) is 0 Å². The number of imide groups is 2. The van der Waals surface area contributed by atoms with Gasteiger partial charge in [-0.15, -0.1) is 0 Å². The second kappa shape index (κ2) is 8.13. The quantitative estimate of drug-likeness (QED) is 0.428. The molecule has 4 amide bonds. The lowest BCUT2D eigenvalue weighted by molar-refractivity contribution is -0.145. The molecular weight excluding hydrogens is 464 g/mol. The van der Waals surface area contributed by atoms with E-state index in [4.69, 9.17) is 0 Å². The van der Waals surface area contributed by atoms with E-state index in [-0.39, 0.29) is 59.4 Å². The highest BCUT2D eigenvalue weighted by atomic mass is 16.2. The summed E-state index contributed by atoms with van der Waals surface area (Å²) in [6.07, 6.45) is 20.1. The van der Waals surface area contributed by atoms with Crippen LogP contribution in [0.4, 0.5) is 0 Å².